The van der Waals surface area contributed by atoms with Crippen LogP contribution in [0.1, 0.15) is 5.56 Å². The fourth-order valence-corrected chi connectivity index (χ4v) is 2.23. The van der Waals surface area contributed by atoms with E-state index in [1.807, 2.05) is 0 Å². The number of rotatable bonds is 6. The number of nitrogens with two attached hydrogens (primary N) is 1. The van der Waals surface area contributed by atoms with Crippen LogP contribution in [0.4, 0.5) is 13.2 Å². The molecule has 19 heavy (non-hydrogen) atoms. The summed E-state index contributed by atoms with van der Waals surface area (Å²) in [6.45, 7) is 0.0384. The standard InChI is InChI=1S/C11H15F3N2O2S/c1-18-6-8(15)9(5-17)19-10-3-2-7(4-16-10)11(12,13)14/h2-4,8-9,17H,5-6,15H2,1H3. The van der Waals surface area contributed by atoms with Gasteiger partial charge < -0.3 is 15.6 Å². The monoisotopic (exact) mass is 296 g/mol. The van der Waals surface area contributed by atoms with Crippen LogP contribution in [0.5, 0.6) is 0 Å². The number of nitrogens with zero attached hydrogens (tertiary/aromatic N) is 1. The first-order valence-corrected chi connectivity index (χ1v) is 6.31. The van der Waals surface area contributed by atoms with Crippen molar-refractivity contribution in [1.82, 2.24) is 4.98 Å². The molecule has 0 aliphatic carbocycles. The summed E-state index contributed by atoms with van der Waals surface area (Å²) >= 11 is 1.12. The smallest absolute Gasteiger partial charge is 0.395 e. The zero-order chi connectivity index (χ0) is 14.5. The molecule has 1 rings (SSSR count). The van der Waals surface area contributed by atoms with Crippen molar-refractivity contribution in [3.8, 4) is 0 Å². The molecule has 0 aliphatic heterocycles. The number of ether oxygens (including phenoxy) is 1. The molecule has 0 amide bonds. The summed E-state index contributed by atoms with van der Waals surface area (Å²) in [4.78, 5) is 3.71. The Morgan fingerprint density at radius 1 is 1.47 bits per heavy atom. The topological polar surface area (TPSA) is 68.4 Å². The van der Waals surface area contributed by atoms with E-state index in [9.17, 15) is 18.3 Å². The van der Waals surface area contributed by atoms with Crippen LogP contribution in [0.25, 0.3) is 0 Å². The van der Waals surface area contributed by atoms with Gasteiger partial charge >= 0.3 is 6.18 Å². The van der Waals surface area contributed by atoms with Gasteiger partial charge in [-0.25, -0.2) is 4.98 Å². The minimum absolute atomic E-state index is 0.210. The number of thioether (sulfide) groups is 1. The number of pyridine rings is 1. The zero-order valence-electron chi connectivity index (χ0n) is 10.2. The lowest BCUT2D eigenvalue weighted by molar-refractivity contribution is -0.137. The third-order valence-corrected chi connectivity index (χ3v) is 3.64. The van der Waals surface area contributed by atoms with Gasteiger partial charge in [0, 0.05) is 19.3 Å². The van der Waals surface area contributed by atoms with Gasteiger partial charge in [-0.15, -0.1) is 0 Å². The van der Waals surface area contributed by atoms with Crippen LogP contribution in [0.2, 0.25) is 0 Å². The molecular weight excluding hydrogens is 281 g/mol. The van der Waals surface area contributed by atoms with E-state index in [0.717, 1.165) is 24.0 Å². The summed E-state index contributed by atoms with van der Waals surface area (Å²) in [6, 6.07) is 1.78. The maximum atomic E-state index is 12.4. The maximum Gasteiger partial charge on any atom is 0.417 e. The van der Waals surface area contributed by atoms with Gasteiger partial charge in [-0.2, -0.15) is 13.2 Å². The molecular formula is C11H15F3N2O2S. The lowest BCUT2D eigenvalue weighted by atomic mass is 10.2. The molecule has 0 saturated heterocycles. The van der Waals surface area contributed by atoms with Gasteiger partial charge in [-0.05, 0) is 12.1 Å². The highest BCUT2D eigenvalue weighted by molar-refractivity contribution is 7.99. The molecule has 108 valence electrons. The number of aromatic nitrogens is 1. The highest BCUT2D eigenvalue weighted by Crippen LogP contribution is 2.30. The van der Waals surface area contributed by atoms with Gasteiger partial charge in [-0.3, -0.25) is 0 Å². The molecule has 1 aromatic rings. The molecule has 1 heterocycles. The highest BCUT2D eigenvalue weighted by atomic mass is 32.2. The summed E-state index contributed by atoms with van der Waals surface area (Å²) in [5.41, 5.74) is 4.97. The molecule has 3 N–H and O–H groups in total. The Balaban J connectivity index is 2.71. The Labute approximate surface area is 113 Å². The summed E-state index contributed by atoms with van der Waals surface area (Å²) in [5, 5.41) is 9.19. The lowest BCUT2D eigenvalue weighted by Crippen LogP contribution is -2.38. The molecule has 0 spiro atoms. The second-order valence-corrected chi connectivity index (χ2v) is 5.10. The largest absolute Gasteiger partial charge is 0.417 e. The third kappa shape index (κ3) is 4.98. The molecule has 0 radical (unpaired) electrons. The fourth-order valence-electron chi connectivity index (χ4n) is 1.33. The van der Waals surface area contributed by atoms with E-state index in [0.29, 0.717) is 5.03 Å². The highest BCUT2D eigenvalue weighted by Gasteiger charge is 2.30. The molecule has 2 atom stereocenters. The van der Waals surface area contributed by atoms with Crippen molar-refractivity contribution >= 4 is 11.8 Å². The first-order chi connectivity index (χ1) is 8.88. The van der Waals surface area contributed by atoms with Crippen LogP contribution < -0.4 is 5.73 Å². The number of halogens is 3. The van der Waals surface area contributed by atoms with E-state index in [1.54, 1.807) is 0 Å². The maximum absolute atomic E-state index is 12.4. The number of hydrogen-bond acceptors (Lipinski definition) is 5. The second kappa shape index (κ2) is 7.09. The van der Waals surface area contributed by atoms with Gasteiger partial charge in [-0.1, -0.05) is 11.8 Å². The van der Waals surface area contributed by atoms with E-state index in [4.69, 9.17) is 10.5 Å². The van der Waals surface area contributed by atoms with Crippen molar-refractivity contribution in [2.24, 2.45) is 5.73 Å². The van der Waals surface area contributed by atoms with Crippen molar-refractivity contribution < 1.29 is 23.0 Å². The minimum Gasteiger partial charge on any atom is -0.395 e. The van der Waals surface area contributed by atoms with Crippen LogP contribution in [-0.4, -0.2) is 41.7 Å². The van der Waals surface area contributed by atoms with E-state index >= 15 is 0 Å². The Bertz CT molecular complexity index is 387. The molecule has 8 heteroatoms. The number of aliphatic hydroxyl groups is 1. The Morgan fingerprint density at radius 3 is 2.58 bits per heavy atom. The quantitative estimate of drug-likeness (QED) is 0.779. The Morgan fingerprint density at radius 2 is 2.16 bits per heavy atom. The van der Waals surface area contributed by atoms with E-state index in [2.05, 4.69) is 4.98 Å². The van der Waals surface area contributed by atoms with Crippen molar-refractivity contribution in [2.75, 3.05) is 20.3 Å². The molecule has 0 fully saturated rings. The number of methoxy groups -OCH3 is 1. The number of aliphatic hydroxyl groups excluding tert-OH is 1. The molecule has 0 saturated carbocycles. The average molecular weight is 296 g/mol. The fraction of sp³-hybridized carbons (Fsp3) is 0.545. The van der Waals surface area contributed by atoms with Crippen LogP contribution in [0, 0.1) is 0 Å². The molecule has 0 aromatic carbocycles. The van der Waals surface area contributed by atoms with Gasteiger partial charge in [0.15, 0.2) is 0 Å². The Hall–Kier alpha value is -0.830. The minimum atomic E-state index is -4.40. The van der Waals surface area contributed by atoms with Gasteiger partial charge in [0.05, 0.1) is 29.1 Å². The predicted octanol–water partition coefficient (Wildman–Crippen LogP) is 1.53. The average Bonchev–Trinajstić information content (AvgIpc) is 2.35. The summed E-state index contributed by atoms with van der Waals surface area (Å²) in [5.74, 6) is 0. The van der Waals surface area contributed by atoms with Crippen LogP contribution in [-0.2, 0) is 10.9 Å². The predicted molar refractivity (Wildman–Crippen MR) is 65.8 cm³/mol. The second-order valence-electron chi connectivity index (χ2n) is 3.84. The van der Waals surface area contributed by atoms with Crippen LogP contribution >= 0.6 is 11.8 Å². The van der Waals surface area contributed by atoms with E-state index in [-0.39, 0.29) is 18.5 Å². The Kier molecular flexibility index (Phi) is 6.05. The number of hydrogen-bond donors (Lipinski definition) is 2. The summed E-state index contributed by atoms with van der Waals surface area (Å²) in [7, 11) is 1.48. The molecule has 4 nitrogen and oxygen atoms in total. The van der Waals surface area contributed by atoms with Crippen LogP contribution in [0.3, 0.4) is 0 Å². The lowest BCUT2D eigenvalue weighted by Gasteiger charge is -2.20. The first kappa shape index (κ1) is 16.2. The van der Waals surface area contributed by atoms with E-state index < -0.39 is 17.8 Å². The molecule has 1 aromatic heterocycles. The summed E-state index contributed by atoms with van der Waals surface area (Å²) in [6.07, 6.45) is -3.64. The van der Waals surface area contributed by atoms with Gasteiger partial charge in [0.2, 0.25) is 0 Å². The zero-order valence-corrected chi connectivity index (χ0v) is 11.0. The third-order valence-electron chi connectivity index (χ3n) is 2.35. The van der Waals surface area contributed by atoms with Crippen molar-refractivity contribution in [3.05, 3.63) is 23.9 Å². The van der Waals surface area contributed by atoms with Crippen LogP contribution in [0.15, 0.2) is 23.4 Å². The van der Waals surface area contributed by atoms with Gasteiger partial charge in [0.25, 0.3) is 0 Å². The first-order valence-electron chi connectivity index (χ1n) is 5.43. The molecule has 0 bridgehead atoms. The van der Waals surface area contributed by atoms with Crippen molar-refractivity contribution in [1.29, 1.82) is 0 Å². The SMILES string of the molecule is COCC(N)C(CO)Sc1ccc(C(F)(F)F)cn1. The normalized spacial score (nSPS) is 15.3. The van der Waals surface area contributed by atoms with Gasteiger partial charge in [0.1, 0.15) is 0 Å². The van der Waals surface area contributed by atoms with Crippen molar-refractivity contribution in [2.45, 2.75) is 22.5 Å². The van der Waals surface area contributed by atoms with Crippen molar-refractivity contribution in [3.63, 3.8) is 0 Å². The van der Waals surface area contributed by atoms with E-state index in [1.165, 1.54) is 13.2 Å². The number of alkyl halides is 3. The molecule has 0 aliphatic rings. The summed E-state index contributed by atoms with van der Waals surface area (Å²) < 4.78 is 41.9. The molecule has 2 unspecified atom stereocenters.